The Labute approximate surface area is 88.7 Å². The van der Waals surface area contributed by atoms with Crippen molar-refractivity contribution >= 4 is 15.1 Å². The molecular weight excluding hydrogens is 191 g/mol. The van der Waals surface area contributed by atoms with Gasteiger partial charge in [0.2, 0.25) is 0 Å². The predicted octanol–water partition coefficient (Wildman–Crippen LogP) is 2.71. The second kappa shape index (κ2) is 5.33. The molecule has 1 aromatic rings. The van der Waals surface area contributed by atoms with Gasteiger partial charge in [0.25, 0.3) is 0 Å². The van der Waals surface area contributed by atoms with Gasteiger partial charge in [-0.05, 0) is 27.4 Å². The first-order chi connectivity index (χ1) is 6.79. The standard InChI is InChI=1S/C9H13N2P.C2H6/c10-8-5-6-11(12)9-4-2-1-3-7(8)9;1-2/h1-4,8H,5-6,10,12H2;1-2H3. The summed E-state index contributed by atoms with van der Waals surface area (Å²) in [6.07, 6.45) is 1.04. The summed E-state index contributed by atoms with van der Waals surface area (Å²) in [5.74, 6) is 0. The monoisotopic (exact) mass is 210 g/mol. The van der Waals surface area contributed by atoms with Gasteiger partial charge in [0.15, 0.2) is 0 Å². The SMILES string of the molecule is CC.NC1CCN(P)c2ccccc21. The van der Waals surface area contributed by atoms with Crippen molar-refractivity contribution in [1.29, 1.82) is 0 Å². The van der Waals surface area contributed by atoms with Crippen LogP contribution in [0.4, 0.5) is 5.69 Å². The number of anilines is 1. The van der Waals surface area contributed by atoms with E-state index in [-0.39, 0.29) is 6.04 Å². The fourth-order valence-electron chi connectivity index (χ4n) is 1.62. The molecule has 2 rings (SSSR count). The summed E-state index contributed by atoms with van der Waals surface area (Å²) in [5, 5.41) is 0. The zero-order valence-corrected chi connectivity index (χ0v) is 10.1. The molecule has 14 heavy (non-hydrogen) atoms. The van der Waals surface area contributed by atoms with E-state index in [9.17, 15) is 0 Å². The predicted molar refractivity (Wildman–Crippen MR) is 66.4 cm³/mol. The lowest BCUT2D eigenvalue weighted by atomic mass is 9.99. The van der Waals surface area contributed by atoms with Gasteiger partial charge in [0, 0.05) is 18.3 Å². The van der Waals surface area contributed by atoms with Crippen LogP contribution in [-0.2, 0) is 0 Å². The Bertz CT molecular complexity index is 259. The van der Waals surface area contributed by atoms with E-state index in [0.717, 1.165) is 13.0 Å². The molecule has 2 unspecified atom stereocenters. The molecule has 2 N–H and O–H groups in total. The van der Waals surface area contributed by atoms with Gasteiger partial charge in [-0.15, -0.1) is 0 Å². The van der Waals surface area contributed by atoms with Gasteiger partial charge >= 0.3 is 0 Å². The number of hydrogen-bond donors (Lipinski definition) is 1. The Balaban J connectivity index is 0.000000461. The van der Waals surface area contributed by atoms with Crippen molar-refractivity contribution in [2.45, 2.75) is 26.3 Å². The number of hydrogen-bond acceptors (Lipinski definition) is 2. The zero-order chi connectivity index (χ0) is 10.6. The third kappa shape index (κ3) is 2.26. The minimum atomic E-state index is 0.220. The third-order valence-electron chi connectivity index (χ3n) is 2.33. The molecule has 2 nitrogen and oxygen atoms in total. The quantitative estimate of drug-likeness (QED) is 0.667. The van der Waals surface area contributed by atoms with E-state index >= 15 is 0 Å². The lowest BCUT2D eigenvalue weighted by molar-refractivity contribution is 0.638. The van der Waals surface area contributed by atoms with Crippen LogP contribution < -0.4 is 10.4 Å². The molecular formula is C11H19N2P. The topological polar surface area (TPSA) is 29.3 Å². The molecule has 1 aliphatic heterocycles. The third-order valence-corrected chi connectivity index (χ3v) is 2.86. The summed E-state index contributed by atoms with van der Waals surface area (Å²) in [4.78, 5) is 0. The molecule has 2 atom stereocenters. The number of para-hydroxylation sites is 1. The number of nitrogens with zero attached hydrogens (tertiary/aromatic N) is 1. The number of fused-ring (bicyclic) bond motifs is 1. The van der Waals surface area contributed by atoms with Gasteiger partial charge in [0.05, 0.1) is 0 Å². The molecule has 0 saturated carbocycles. The fourth-order valence-corrected chi connectivity index (χ4v) is 2.00. The maximum absolute atomic E-state index is 5.97. The Hall–Kier alpha value is -0.590. The van der Waals surface area contributed by atoms with Crippen molar-refractivity contribution in [3.63, 3.8) is 0 Å². The molecule has 0 saturated heterocycles. The molecule has 1 aromatic carbocycles. The van der Waals surface area contributed by atoms with Crippen LogP contribution in [0.15, 0.2) is 24.3 Å². The van der Waals surface area contributed by atoms with E-state index in [1.165, 1.54) is 11.3 Å². The van der Waals surface area contributed by atoms with Crippen LogP contribution in [-0.4, -0.2) is 6.54 Å². The number of nitrogens with two attached hydrogens (primary N) is 1. The largest absolute Gasteiger partial charge is 0.356 e. The Morgan fingerprint density at radius 2 is 2.00 bits per heavy atom. The van der Waals surface area contributed by atoms with Gasteiger partial charge in [-0.1, -0.05) is 32.0 Å². The molecule has 0 amide bonds. The normalized spacial score (nSPS) is 19.4. The Kier molecular flexibility index (Phi) is 4.37. The first-order valence-electron chi connectivity index (χ1n) is 5.16. The Morgan fingerprint density at radius 1 is 1.36 bits per heavy atom. The van der Waals surface area contributed by atoms with Crippen molar-refractivity contribution in [1.82, 2.24) is 0 Å². The van der Waals surface area contributed by atoms with Crippen LogP contribution in [0.1, 0.15) is 31.9 Å². The maximum Gasteiger partial charge on any atom is 0.0443 e. The average Bonchev–Trinajstić information content (AvgIpc) is 2.27. The summed E-state index contributed by atoms with van der Waals surface area (Å²) in [6.45, 7) is 5.03. The number of rotatable bonds is 0. The van der Waals surface area contributed by atoms with Crippen molar-refractivity contribution < 1.29 is 0 Å². The fraction of sp³-hybridized carbons (Fsp3) is 0.455. The molecule has 0 spiro atoms. The molecule has 3 heteroatoms. The highest BCUT2D eigenvalue weighted by Gasteiger charge is 2.18. The van der Waals surface area contributed by atoms with Crippen LogP contribution in [0.2, 0.25) is 0 Å². The van der Waals surface area contributed by atoms with Crippen molar-refractivity contribution in [2.24, 2.45) is 5.73 Å². The highest BCUT2D eigenvalue weighted by molar-refractivity contribution is 7.19. The maximum atomic E-state index is 5.97. The van der Waals surface area contributed by atoms with Crippen molar-refractivity contribution in [2.75, 3.05) is 11.2 Å². The van der Waals surface area contributed by atoms with Gasteiger partial charge < -0.3 is 10.4 Å². The Morgan fingerprint density at radius 3 is 2.64 bits per heavy atom. The smallest absolute Gasteiger partial charge is 0.0443 e. The molecule has 0 aliphatic carbocycles. The van der Waals surface area contributed by atoms with Crippen molar-refractivity contribution in [3.05, 3.63) is 29.8 Å². The minimum absolute atomic E-state index is 0.220. The second-order valence-electron chi connectivity index (χ2n) is 3.15. The van der Waals surface area contributed by atoms with Crippen LogP contribution in [0.5, 0.6) is 0 Å². The summed E-state index contributed by atoms with van der Waals surface area (Å²) < 4.78 is 2.18. The van der Waals surface area contributed by atoms with Gasteiger partial charge in [0.1, 0.15) is 0 Å². The van der Waals surface area contributed by atoms with Gasteiger partial charge in [-0.3, -0.25) is 0 Å². The van der Waals surface area contributed by atoms with E-state index < -0.39 is 0 Å². The van der Waals surface area contributed by atoms with E-state index in [2.05, 4.69) is 26.2 Å². The molecule has 0 fully saturated rings. The van der Waals surface area contributed by atoms with Gasteiger partial charge in [-0.25, -0.2) is 0 Å². The van der Waals surface area contributed by atoms with E-state index in [0.29, 0.717) is 0 Å². The average molecular weight is 210 g/mol. The minimum Gasteiger partial charge on any atom is -0.356 e. The first-order valence-corrected chi connectivity index (χ1v) is 5.67. The molecule has 0 radical (unpaired) electrons. The molecule has 1 heterocycles. The lowest BCUT2D eigenvalue weighted by Gasteiger charge is -2.30. The molecule has 0 aromatic heterocycles. The highest BCUT2D eigenvalue weighted by atomic mass is 31.0. The lowest BCUT2D eigenvalue weighted by Crippen LogP contribution is -2.26. The van der Waals surface area contributed by atoms with E-state index in [1.807, 2.05) is 26.0 Å². The summed E-state index contributed by atoms with van der Waals surface area (Å²) >= 11 is 0. The van der Waals surface area contributed by atoms with Gasteiger partial charge in [-0.2, -0.15) is 0 Å². The second-order valence-corrected chi connectivity index (χ2v) is 3.77. The van der Waals surface area contributed by atoms with Crippen LogP contribution in [0.25, 0.3) is 0 Å². The zero-order valence-electron chi connectivity index (χ0n) is 8.90. The summed E-state index contributed by atoms with van der Waals surface area (Å²) in [6, 6.07) is 8.53. The molecule has 0 bridgehead atoms. The van der Waals surface area contributed by atoms with E-state index in [1.54, 1.807) is 0 Å². The van der Waals surface area contributed by atoms with Crippen LogP contribution in [0, 0.1) is 0 Å². The summed E-state index contributed by atoms with van der Waals surface area (Å²) in [7, 11) is 2.73. The molecule has 1 aliphatic rings. The molecule has 78 valence electrons. The summed E-state index contributed by atoms with van der Waals surface area (Å²) in [5.41, 5.74) is 8.49. The van der Waals surface area contributed by atoms with Crippen molar-refractivity contribution in [3.8, 4) is 0 Å². The van der Waals surface area contributed by atoms with E-state index in [4.69, 9.17) is 5.73 Å². The van der Waals surface area contributed by atoms with Crippen LogP contribution in [0.3, 0.4) is 0 Å². The van der Waals surface area contributed by atoms with Crippen LogP contribution >= 0.6 is 9.39 Å². The first kappa shape index (κ1) is 11.5. The number of benzene rings is 1. The highest BCUT2D eigenvalue weighted by Crippen LogP contribution is 2.33.